The Morgan fingerprint density at radius 1 is 1.29 bits per heavy atom. The minimum Gasteiger partial charge on any atom is -0.497 e. The van der Waals surface area contributed by atoms with E-state index >= 15 is 0 Å². The molecule has 5 heteroatoms. The summed E-state index contributed by atoms with van der Waals surface area (Å²) in [5, 5.41) is 0. The molecule has 1 aromatic rings. The van der Waals surface area contributed by atoms with Crippen LogP contribution in [0.5, 0.6) is 11.5 Å². The number of rotatable bonds is 5. The van der Waals surface area contributed by atoms with Gasteiger partial charge in [-0.05, 0) is 24.3 Å². The third kappa shape index (κ3) is 3.76. The van der Waals surface area contributed by atoms with E-state index in [4.69, 9.17) is 14.0 Å². The molecule has 0 bridgehead atoms. The van der Waals surface area contributed by atoms with Gasteiger partial charge in [-0.2, -0.15) is 0 Å². The fourth-order valence-electron chi connectivity index (χ4n) is 0.903. The van der Waals surface area contributed by atoms with E-state index in [1.807, 2.05) is 0 Å². The van der Waals surface area contributed by atoms with E-state index in [1.54, 1.807) is 31.4 Å². The van der Waals surface area contributed by atoms with Gasteiger partial charge in [0.15, 0.2) is 11.1 Å². The molecule has 0 saturated heterocycles. The van der Waals surface area contributed by atoms with Gasteiger partial charge < -0.3 is 14.0 Å². The molecular weight excluding hydrogens is 204 g/mol. The second-order valence-electron chi connectivity index (χ2n) is 2.55. The van der Waals surface area contributed by atoms with Crippen molar-refractivity contribution in [3.05, 3.63) is 24.3 Å². The third-order valence-electron chi connectivity index (χ3n) is 1.59. The number of hydrogen-bond acceptors (Lipinski definition) is 3. The molecule has 1 unspecified atom stereocenters. The highest BCUT2D eigenvalue weighted by Crippen LogP contribution is 2.16. The predicted molar refractivity (Wildman–Crippen MR) is 54.1 cm³/mol. The molecule has 0 saturated carbocycles. The van der Waals surface area contributed by atoms with Gasteiger partial charge in [0.25, 0.3) is 0 Å². The summed E-state index contributed by atoms with van der Waals surface area (Å²) in [6.45, 7) is 0.232. The molecule has 0 aliphatic rings. The smallest absolute Gasteiger partial charge is 0.156 e. The van der Waals surface area contributed by atoms with Crippen LogP contribution in [0.2, 0.25) is 0 Å². The Kier molecular flexibility index (Phi) is 4.42. The fraction of sp³-hybridized carbons (Fsp3) is 0.333. The van der Waals surface area contributed by atoms with Crippen molar-refractivity contribution in [2.45, 2.75) is 0 Å². The minimum absolute atomic E-state index is 0.117. The fourth-order valence-corrected chi connectivity index (χ4v) is 1.13. The molecule has 0 aliphatic heterocycles. The average Bonchev–Trinajstić information content (AvgIpc) is 2.18. The van der Waals surface area contributed by atoms with E-state index in [2.05, 4.69) is 0 Å². The predicted octanol–water partition coefficient (Wildman–Crippen LogP) is 1.30. The van der Waals surface area contributed by atoms with Crippen molar-refractivity contribution in [2.75, 3.05) is 19.5 Å². The zero-order chi connectivity index (χ0) is 10.4. The van der Waals surface area contributed by atoms with Crippen LogP contribution in [-0.2, 0) is 11.1 Å². The second-order valence-corrected chi connectivity index (χ2v) is 3.60. The van der Waals surface area contributed by atoms with Gasteiger partial charge in [-0.15, -0.1) is 0 Å². The Morgan fingerprint density at radius 2 is 1.86 bits per heavy atom. The second kappa shape index (κ2) is 5.62. The SMILES string of the molecule is COc1ccc(OCCS(=O)O)cc1. The molecule has 0 aromatic heterocycles. The van der Waals surface area contributed by atoms with Gasteiger partial charge in [0, 0.05) is 0 Å². The van der Waals surface area contributed by atoms with Crippen molar-refractivity contribution in [3.8, 4) is 11.5 Å². The van der Waals surface area contributed by atoms with Crippen molar-refractivity contribution >= 4 is 11.1 Å². The van der Waals surface area contributed by atoms with E-state index in [0.717, 1.165) is 5.75 Å². The summed E-state index contributed by atoms with van der Waals surface area (Å²) in [4.78, 5) is 0. The lowest BCUT2D eigenvalue weighted by atomic mass is 10.3. The maximum absolute atomic E-state index is 10.3. The van der Waals surface area contributed by atoms with Crippen LogP contribution < -0.4 is 9.47 Å². The van der Waals surface area contributed by atoms with E-state index in [-0.39, 0.29) is 12.4 Å². The van der Waals surface area contributed by atoms with E-state index in [9.17, 15) is 4.21 Å². The van der Waals surface area contributed by atoms with Gasteiger partial charge in [-0.25, -0.2) is 4.21 Å². The Labute approximate surface area is 85.1 Å². The van der Waals surface area contributed by atoms with Gasteiger partial charge in [0.05, 0.1) is 12.9 Å². The molecule has 0 radical (unpaired) electrons. The zero-order valence-electron chi connectivity index (χ0n) is 7.80. The first kappa shape index (κ1) is 11.0. The lowest BCUT2D eigenvalue weighted by Gasteiger charge is -2.05. The highest BCUT2D eigenvalue weighted by molar-refractivity contribution is 7.79. The first-order chi connectivity index (χ1) is 6.72. The van der Waals surface area contributed by atoms with E-state index in [0.29, 0.717) is 5.75 Å². The Hall–Kier alpha value is -1.07. The van der Waals surface area contributed by atoms with E-state index in [1.165, 1.54) is 0 Å². The summed E-state index contributed by atoms with van der Waals surface area (Å²) in [6, 6.07) is 7.04. The van der Waals surface area contributed by atoms with Gasteiger partial charge >= 0.3 is 0 Å². The molecule has 1 atom stereocenters. The molecule has 0 fully saturated rings. The molecule has 1 N–H and O–H groups in total. The van der Waals surface area contributed by atoms with Crippen LogP contribution in [-0.4, -0.2) is 28.2 Å². The molecule has 1 rings (SSSR count). The van der Waals surface area contributed by atoms with Crippen molar-refractivity contribution < 1.29 is 18.2 Å². The molecule has 78 valence electrons. The van der Waals surface area contributed by atoms with Crippen molar-refractivity contribution in [1.29, 1.82) is 0 Å². The van der Waals surface area contributed by atoms with Crippen LogP contribution >= 0.6 is 0 Å². The maximum atomic E-state index is 10.3. The number of hydrogen-bond donors (Lipinski definition) is 1. The lowest BCUT2D eigenvalue weighted by Crippen LogP contribution is -2.07. The largest absolute Gasteiger partial charge is 0.497 e. The summed E-state index contributed by atoms with van der Waals surface area (Å²) in [6.07, 6.45) is 0. The van der Waals surface area contributed by atoms with E-state index < -0.39 is 11.1 Å². The lowest BCUT2D eigenvalue weighted by molar-refractivity contribution is 0.338. The van der Waals surface area contributed by atoms with Crippen molar-refractivity contribution in [2.24, 2.45) is 0 Å². The van der Waals surface area contributed by atoms with Crippen LogP contribution in [0.25, 0.3) is 0 Å². The molecule has 0 aliphatic carbocycles. The first-order valence-electron chi connectivity index (χ1n) is 4.06. The standard InChI is InChI=1S/C9H12O4S/c1-12-8-2-4-9(5-3-8)13-6-7-14(10)11/h2-5H,6-7H2,1H3,(H,10,11). The first-order valence-corrected chi connectivity index (χ1v) is 5.34. The minimum atomic E-state index is -1.79. The van der Waals surface area contributed by atoms with Crippen LogP contribution in [0, 0.1) is 0 Å². The van der Waals surface area contributed by atoms with Crippen molar-refractivity contribution in [1.82, 2.24) is 0 Å². The summed E-state index contributed by atoms with van der Waals surface area (Å²) in [5.41, 5.74) is 0. The monoisotopic (exact) mass is 216 g/mol. The summed E-state index contributed by atoms with van der Waals surface area (Å²) < 4.78 is 29.0. The molecule has 1 aromatic carbocycles. The van der Waals surface area contributed by atoms with Crippen LogP contribution in [0.1, 0.15) is 0 Å². The number of methoxy groups -OCH3 is 1. The zero-order valence-corrected chi connectivity index (χ0v) is 8.62. The number of benzene rings is 1. The van der Waals surface area contributed by atoms with Gasteiger partial charge in [-0.1, -0.05) is 0 Å². The Balaban J connectivity index is 2.40. The van der Waals surface area contributed by atoms with Crippen LogP contribution in [0.15, 0.2) is 24.3 Å². The molecule has 0 heterocycles. The van der Waals surface area contributed by atoms with Crippen LogP contribution in [0.4, 0.5) is 0 Å². The summed E-state index contributed by atoms with van der Waals surface area (Å²) in [7, 11) is 1.59. The van der Waals surface area contributed by atoms with Crippen molar-refractivity contribution in [3.63, 3.8) is 0 Å². The van der Waals surface area contributed by atoms with Gasteiger partial charge in [-0.3, -0.25) is 0 Å². The average molecular weight is 216 g/mol. The van der Waals surface area contributed by atoms with Gasteiger partial charge in [0.2, 0.25) is 0 Å². The Bertz CT molecular complexity index is 296. The molecule has 14 heavy (non-hydrogen) atoms. The maximum Gasteiger partial charge on any atom is 0.156 e. The summed E-state index contributed by atoms with van der Waals surface area (Å²) in [5.74, 6) is 1.53. The Morgan fingerprint density at radius 3 is 2.36 bits per heavy atom. The van der Waals surface area contributed by atoms with Crippen LogP contribution in [0.3, 0.4) is 0 Å². The highest BCUT2D eigenvalue weighted by atomic mass is 32.2. The third-order valence-corrected chi connectivity index (χ3v) is 2.10. The van der Waals surface area contributed by atoms with Gasteiger partial charge in [0.1, 0.15) is 18.1 Å². The number of ether oxygens (including phenoxy) is 2. The molecule has 0 amide bonds. The normalized spacial score (nSPS) is 12.1. The molecule has 4 nitrogen and oxygen atoms in total. The molecular formula is C9H12O4S. The molecule has 0 spiro atoms. The highest BCUT2D eigenvalue weighted by Gasteiger charge is 1.97. The summed E-state index contributed by atoms with van der Waals surface area (Å²) >= 11 is -1.79. The topological polar surface area (TPSA) is 55.8 Å². The quantitative estimate of drug-likeness (QED) is 0.754.